The first-order valence-electron chi connectivity index (χ1n) is 11.5. The molecular weight excluding hydrogens is 348 g/mol. The summed E-state index contributed by atoms with van der Waals surface area (Å²) in [6.45, 7) is 24.7. The largest absolute Gasteiger partial charge is 0.509 e. The Kier molecular flexibility index (Phi) is 8.10. The molecule has 3 nitrogen and oxygen atoms in total. The lowest BCUT2D eigenvalue weighted by molar-refractivity contribution is -0.0913. The van der Waals surface area contributed by atoms with Crippen LogP contribution in [0.3, 0.4) is 0 Å². The van der Waals surface area contributed by atoms with Crippen LogP contribution in [0.5, 0.6) is 0 Å². The summed E-state index contributed by atoms with van der Waals surface area (Å²) in [5.74, 6) is 0.635. The van der Waals surface area contributed by atoms with E-state index < -0.39 is 11.8 Å². The zero-order valence-corrected chi connectivity index (χ0v) is 20.7. The molecule has 0 amide bonds. The standard InChI is InChI=1S/C25H48O3/c1-12-18(4)25(11,14-3)28-21(26)27-20-16-23(7,8)17-22(5,6)15-19(20)24(9,10)13-2/h18-20H,12-17H2,1-11H3. The molecule has 0 radical (unpaired) electrons. The van der Waals surface area contributed by atoms with Gasteiger partial charge < -0.3 is 9.47 Å². The third-order valence-corrected chi connectivity index (χ3v) is 7.77. The second-order valence-corrected chi connectivity index (χ2v) is 11.8. The van der Waals surface area contributed by atoms with Crippen molar-refractivity contribution in [3.63, 3.8) is 0 Å². The normalized spacial score (nSPS) is 28.0. The molecule has 0 saturated heterocycles. The number of rotatable bonds is 7. The van der Waals surface area contributed by atoms with Crippen molar-refractivity contribution in [3.05, 3.63) is 0 Å². The summed E-state index contributed by atoms with van der Waals surface area (Å²) in [5, 5.41) is 0. The van der Waals surface area contributed by atoms with Gasteiger partial charge in [0.15, 0.2) is 0 Å². The van der Waals surface area contributed by atoms with E-state index in [0.717, 1.165) is 38.5 Å². The minimum atomic E-state index is -0.484. The van der Waals surface area contributed by atoms with E-state index in [0.29, 0.717) is 11.8 Å². The van der Waals surface area contributed by atoms with Gasteiger partial charge in [0.2, 0.25) is 0 Å². The van der Waals surface area contributed by atoms with Gasteiger partial charge in [-0.2, -0.15) is 0 Å². The molecule has 166 valence electrons. The summed E-state index contributed by atoms with van der Waals surface area (Å²) in [5.41, 5.74) is 0.0175. The summed E-state index contributed by atoms with van der Waals surface area (Å²) in [4.78, 5) is 12.9. The lowest BCUT2D eigenvalue weighted by atomic mass is 9.67. The molecule has 0 heterocycles. The molecule has 28 heavy (non-hydrogen) atoms. The van der Waals surface area contributed by atoms with Gasteiger partial charge in [0.25, 0.3) is 0 Å². The SMILES string of the molecule is CCC(C)C(C)(CC)OC(=O)OC1CC(C)(C)CC(C)(C)CC1C(C)(C)CC. The van der Waals surface area contributed by atoms with Gasteiger partial charge in [0, 0.05) is 5.92 Å². The van der Waals surface area contributed by atoms with Gasteiger partial charge in [-0.3, -0.25) is 0 Å². The molecule has 0 bridgehead atoms. The van der Waals surface area contributed by atoms with Crippen LogP contribution in [0.2, 0.25) is 0 Å². The van der Waals surface area contributed by atoms with Crippen molar-refractivity contribution >= 4 is 6.16 Å². The zero-order chi connectivity index (χ0) is 22.0. The van der Waals surface area contributed by atoms with Crippen molar-refractivity contribution in [1.82, 2.24) is 0 Å². The zero-order valence-electron chi connectivity index (χ0n) is 20.7. The van der Waals surface area contributed by atoms with Crippen LogP contribution in [0.4, 0.5) is 4.79 Å². The molecule has 0 aromatic carbocycles. The van der Waals surface area contributed by atoms with Crippen LogP contribution in [-0.2, 0) is 9.47 Å². The number of ether oxygens (including phenoxy) is 2. The molecule has 0 spiro atoms. The molecule has 0 aromatic heterocycles. The molecule has 0 N–H and O–H groups in total. The topological polar surface area (TPSA) is 35.5 Å². The van der Waals surface area contributed by atoms with E-state index in [1.807, 2.05) is 6.92 Å². The van der Waals surface area contributed by atoms with Crippen LogP contribution in [-0.4, -0.2) is 17.9 Å². The molecule has 1 aliphatic rings. The minimum absolute atomic E-state index is 0.0998. The van der Waals surface area contributed by atoms with Crippen LogP contribution >= 0.6 is 0 Å². The Hall–Kier alpha value is -0.730. The molecule has 4 atom stereocenters. The maximum Gasteiger partial charge on any atom is 0.509 e. The summed E-state index contributed by atoms with van der Waals surface area (Å²) >= 11 is 0. The summed E-state index contributed by atoms with van der Waals surface area (Å²) < 4.78 is 12.1. The minimum Gasteiger partial charge on any atom is -0.431 e. The van der Waals surface area contributed by atoms with E-state index in [1.54, 1.807) is 0 Å². The number of hydrogen-bond donors (Lipinski definition) is 0. The second kappa shape index (κ2) is 8.96. The first-order chi connectivity index (χ1) is 12.6. The van der Waals surface area contributed by atoms with E-state index >= 15 is 0 Å². The first-order valence-corrected chi connectivity index (χ1v) is 11.5. The highest BCUT2D eigenvalue weighted by molar-refractivity contribution is 5.61. The maximum atomic E-state index is 12.9. The van der Waals surface area contributed by atoms with Crippen molar-refractivity contribution in [2.24, 2.45) is 28.1 Å². The monoisotopic (exact) mass is 396 g/mol. The van der Waals surface area contributed by atoms with E-state index in [1.165, 1.54) is 0 Å². The fraction of sp³-hybridized carbons (Fsp3) is 0.960. The number of carbonyl (C=O) groups excluding carboxylic acids is 1. The fourth-order valence-corrected chi connectivity index (χ4v) is 5.31. The van der Waals surface area contributed by atoms with Crippen LogP contribution < -0.4 is 0 Å². The van der Waals surface area contributed by atoms with Gasteiger partial charge in [-0.15, -0.1) is 0 Å². The van der Waals surface area contributed by atoms with Crippen LogP contribution in [0.25, 0.3) is 0 Å². The van der Waals surface area contributed by atoms with Crippen molar-refractivity contribution < 1.29 is 14.3 Å². The maximum absolute atomic E-state index is 12.9. The Bertz CT molecular complexity index is 520. The predicted octanol–water partition coefficient (Wildman–Crippen LogP) is 8.01. The Morgan fingerprint density at radius 2 is 1.54 bits per heavy atom. The molecule has 1 fully saturated rings. The fourth-order valence-electron chi connectivity index (χ4n) is 5.31. The van der Waals surface area contributed by atoms with Gasteiger partial charge >= 0.3 is 6.16 Å². The van der Waals surface area contributed by atoms with Crippen LogP contribution in [0, 0.1) is 28.1 Å². The summed E-state index contributed by atoms with van der Waals surface area (Å²) in [6, 6.07) is 0. The highest BCUT2D eigenvalue weighted by Crippen LogP contribution is 2.52. The molecule has 3 heteroatoms. The average Bonchev–Trinajstić information content (AvgIpc) is 2.65. The Morgan fingerprint density at radius 1 is 1.00 bits per heavy atom. The highest BCUT2D eigenvalue weighted by Gasteiger charge is 2.47. The van der Waals surface area contributed by atoms with E-state index in [-0.39, 0.29) is 22.3 Å². The molecule has 1 saturated carbocycles. The van der Waals surface area contributed by atoms with E-state index in [2.05, 4.69) is 69.2 Å². The van der Waals surface area contributed by atoms with Crippen molar-refractivity contribution in [2.75, 3.05) is 0 Å². The Morgan fingerprint density at radius 3 is 2.00 bits per heavy atom. The average molecular weight is 397 g/mol. The van der Waals surface area contributed by atoms with Crippen LogP contribution in [0.15, 0.2) is 0 Å². The third-order valence-electron chi connectivity index (χ3n) is 7.77. The third kappa shape index (κ3) is 6.39. The van der Waals surface area contributed by atoms with E-state index in [4.69, 9.17) is 9.47 Å². The summed E-state index contributed by atoms with van der Waals surface area (Å²) in [7, 11) is 0. The van der Waals surface area contributed by atoms with Crippen LogP contribution in [0.1, 0.15) is 115 Å². The molecule has 0 aliphatic heterocycles. The number of hydrogen-bond acceptors (Lipinski definition) is 3. The van der Waals surface area contributed by atoms with Gasteiger partial charge in [-0.05, 0) is 61.2 Å². The van der Waals surface area contributed by atoms with Gasteiger partial charge in [-0.25, -0.2) is 4.79 Å². The van der Waals surface area contributed by atoms with E-state index in [9.17, 15) is 4.79 Å². The van der Waals surface area contributed by atoms with Crippen molar-refractivity contribution in [1.29, 1.82) is 0 Å². The molecule has 0 aromatic rings. The Labute approximate surface area is 175 Å². The number of carbonyl (C=O) groups is 1. The van der Waals surface area contributed by atoms with Crippen molar-refractivity contribution in [2.45, 2.75) is 126 Å². The first kappa shape index (κ1) is 25.3. The van der Waals surface area contributed by atoms with Crippen molar-refractivity contribution in [3.8, 4) is 0 Å². The van der Waals surface area contributed by atoms with Gasteiger partial charge in [-0.1, -0.05) is 75.7 Å². The lowest BCUT2D eigenvalue weighted by Gasteiger charge is -2.41. The smallest absolute Gasteiger partial charge is 0.431 e. The highest BCUT2D eigenvalue weighted by atomic mass is 16.7. The molecule has 1 aliphatic carbocycles. The van der Waals surface area contributed by atoms with Gasteiger partial charge in [0.05, 0.1) is 0 Å². The predicted molar refractivity (Wildman–Crippen MR) is 118 cm³/mol. The quantitative estimate of drug-likeness (QED) is 0.323. The van der Waals surface area contributed by atoms with Gasteiger partial charge in [0.1, 0.15) is 11.7 Å². The lowest BCUT2D eigenvalue weighted by Crippen LogP contribution is -2.42. The summed E-state index contributed by atoms with van der Waals surface area (Å²) in [6.07, 6.45) is 5.38. The molecule has 4 unspecified atom stereocenters. The molecular formula is C25H48O3. The Balaban J connectivity index is 3.12. The second-order valence-electron chi connectivity index (χ2n) is 11.8. The molecule has 1 rings (SSSR count).